The minimum absolute atomic E-state index is 0.683. The van der Waals surface area contributed by atoms with E-state index in [1.54, 1.807) is 0 Å². The lowest BCUT2D eigenvalue weighted by molar-refractivity contribution is 0.112. The number of fused-ring (bicyclic) bond motifs is 1. The zero-order valence-electron chi connectivity index (χ0n) is 14.0. The molecule has 1 aromatic heterocycles. The van der Waals surface area contributed by atoms with Gasteiger partial charge < -0.3 is 4.42 Å². The lowest BCUT2D eigenvalue weighted by Crippen LogP contribution is -1.86. The quantitative estimate of drug-likeness (QED) is 0.443. The molecular weight excluding hydrogens is 308 g/mol. The maximum Gasteiger partial charge on any atom is 0.150 e. The highest BCUT2D eigenvalue weighted by Crippen LogP contribution is 2.31. The van der Waals surface area contributed by atoms with Crippen molar-refractivity contribution in [1.29, 1.82) is 0 Å². The number of benzene rings is 3. The van der Waals surface area contributed by atoms with Gasteiger partial charge in [0.1, 0.15) is 17.6 Å². The van der Waals surface area contributed by atoms with Crippen molar-refractivity contribution >= 4 is 17.3 Å². The fourth-order valence-electron chi connectivity index (χ4n) is 3.20. The van der Waals surface area contributed by atoms with Crippen LogP contribution in [0.3, 0.4) is 0 Å². The molecule has 0 aliphatic carbocycles. The van der Waals surface area contributed by atoms with Crippen LogP contribution < -0.4 is 0 Å². The van der Waals surface area contributed by atoms with Gasteiger partial charge in [-0.15, -0.1) is 0 Å². The zero-order valence-corrected chi connectivity index (χ0v) is 14.0. The Morgan fingerprint density at radius 1 is 0.880 bits per heavy atom. The van der Waals surface area contributed by atoms with Crippen LogP contribution in [0.4, 0.5) is 0 Å². The Balaban J connectivity index is 1.70. The second kappa shape index (κ2) is 6.40. The van der Waals surface area contributed by atoms with Crippen molar-refractivity contribution in [2.45, 2.75) is 13.3 Å². The van der Waals surface area contributed by atoms with Crippen LogP contribution in [0, 0.1) is 6.92 Å². The van der Waals surface area contributed by atoms with Crippen molar-refractivity contribution in [1.82, 2.24) is 0 Å². The molecule has 0 unspecified atom stereocenters. The topological polar surface area (TPSA) is 30.2 Å². The van der Waals surface area contributed by atoms with Crippen molar-refractivity contribution in [2.75, 3.05) is 0 Å². The summed E-state index contributed by atoms with van der Waals surface area (Å²) in [5, 5.41) is 1.10. The van der Waals surface area contributed by atoms with E-state index in [1.165, 1.54) is 11.1 Å². The molecule has 1 heterocycles. The SMILES string of the molecule is Cc1cc(C=O)ccc1-c1cc2cc(Cc3ccccc3)ccc2o1. The minimum Gasteiger partial charge on any atom is -0.456 e. The van der Waals surface area contributed by atoms with Crippen molar-refractivity contribution < 1.29 is 9.21 Å². The number of hydrogen-bond acceptors (Lipinski definition) is 2. The van der Waals surface area contributed by atoms with Crippen molar-refractivity contribution in [3.63, 3.8) is 0 Å². The second-order valence-corrected chi connectivity index (χ2v) is 6.34. The third-order valence-electron chi connectivity index (χ3n) is 4.48. The Bertz CT molecular complexity index is 1040. The first-order chi connectivity index (χ1) is 12.2. The Labute approximate surface area is 146 Å². The van der Waals surface area contributed by atoms with Crippen molar-refractivity contribution in [3.05, 3.63) is 95.1 Å². The summed E-state index contributed by atoms with van der Waals surface area (Å²) in [6, 6.07) is 24.5. The molecule has 2 nitrogen and oxygen atoms in total. The first-order valence-corrected chi connectivity index (χ1v) is 8.35. The Hall–Kier alpha value is -3.13. The molecule has 0 amide bonds. The average Bonchev–Trinajstić information content (AvgIpc) is 3.05. The van der Waals surface area contributed by atoms with Gasteiger partial charge in [0.05, 0.1) is 0 Å². The zero-order chi connectivity index (χ0) is 17.2. The standard InChI is InChI=1S/C23H18O2/c1-16-11-19(15-24)7-9-21(16)23-14-20-13-18(8-10-22(20)25-23)12-17-5-3-2-4-6-17/h2-11,13-15H,12H2,1H3. The number of rotatable bonds is 4. The molecule has 0 saturated carbocycles. The Morgan fingerprint density at radius 3 is 2.48 bits per heavy atom. The fraction of sp³-hybridized carbons (Fsp3) is 0.0870. The van der Waals surface area contributed by atoms with E-state index in [2.05, 4.69) is 42.5 Å². The Kier molecular flexibility index (Phi) is 3.95. The lowest BCUT2D eigenvalue weighted by Gasteiger charge is -2.02. The third kappa shape index (κ3) is 3.11. The van der Waals surface area contributed by atoms with Crippen LogP contribution in [-0.4, -0.2) is 6.29 Å². The second-order valence-electron chi connectivity index (χ2n) is 6.34. The van der Waals surface area contributed by atoms with Gasteiger partial charge >= 0.3 is 0 Å². The summed E-state index contributed by atoms with van der Waals surface area (Å²) in [6.45, 7) is 2.00. The summed E-state index contributed by atoms with van der Waals surface area (Å²) in [5.41, 5.74) is 6.18. The van der Waals surface area contributed by atoms with Gasteiger partial charge in [0.15, 0.2) is 0 Å². The van der Waals surface area contributed by atoms with Crippen LogP contribution >= 0.6 is 0 Å². The molecule has 0 atom stereocenters. The third-order valence-corrected chi connectivity index (χ3v) is 4.48. The molecule has 4 rings (SSSR count). The predicted molar refractivity (Wildman–Crippen MR) is 101 cm³/mol. The van der Waals surface area contributed by atoms with Crippen molar-refractivity contribution in [3.8, 4) is 11.3 Å². The molecule has 25 heavy (non-hydrogen) atoms. The van der Waals surface area contributed by atoms with Gasteiger partial charge in [-0.3, -0.25) is 4.79 Å². The van der Waals surface area contributed by atoms with E-state index in [1.807, 2.05) is 37.3 Å². The normalized spacial score (nSPS) is 10.9. The highest BCUT2D eigenvalue weighted by atomic mass is 16.3. The highest BCUT2D eigenvalue weighted by Gasteiger charge is 2.10. The predicted octanol–water partition coefficient (Wildman–Crippen LogP) is 5.81. The molecule has 0 aliphatic rings. The molecule has 0 N–H and O–H groups in total. The van der Waals surface area contributed by atoms with E-state index in [9.17, 15) is 4.79 Å². The van der Waals surface area contributed by atoms with Crippen LogP contribution in [0.5, 0.6) is 0 Å². The van der Waals surface area contributed by atoms with Gasteiger partial charge in [-0.25, -0.2) is 0 Å². The smallest absolute Gasteiger partial charge is 0.150 e. The Morgan fingerprint density at radius 2 is 1.72 bits per heavy atom. The summed E-state index contributed by atoms with van der Waals surface area (Å²) < 4.78 is 6.03. The van der Waals surface area contributed by atoms with Gasteiger partial charge in [-0.1, -0.05) is 48.5 Å². The van der Waals surface area contributed by atoms with Gasteiger partial charge in [-0.2, -0.15) is 0 Å². The van der Waals surface area contributed by atoms with Crippen LogP contribution in [0.25, 0.3) is 22.3 Å². The number of carbonyl (C=O) groups excluding carboxylic acids is 1. The van der Waals surface area contributed by atoms with Gasteiger partial charge in [-0.05, 0) is 54.3 Å². The number of aryl methyl sites for hydroxylation is 1. The summed E-state index contributed by atoms with van der Waals surface area (Å²) in [7, 11) is 0. The number of carbonyl (C=O) groups is 1. The molecule has 2 heteroatoms. The molecule has 4 aromatic rings. The van der Waals surface area contributed by atoms with E-state index in [0.717, 1.165) is 40.6 Å². The molecule has 0 fully saturated rings. The molecule has 3 aromatic carbocycles. The summed E-state index contributed by atoms with van der Waals surface area (Å²) in [4.78, 5) is 10.9. The van der Waals surface area contributed by atoms with E-state index in [-0.39, 0.29) is 0 Å². The van der Waals surface area contributed by atoms with Gasteiger partial charge in [0.2, 0.25) is 0 Å². The van der Waals surface area contributed by atoms with Crippen LogP contribution in [0.2, 0.25) is 0 Å². The minimum atomic E-state index is 0.683. The van der Waals surface area contributed by atoms with Crippen LogP contribution in [-0.2, 0) is 6.42 Å². The summed E-state index contributed by atoms with van der Waals surface area (Å²) in [5.74, 6) is 0.835. The van der Waals surface area contributed by atoms with Gasteiger partial charge in [0.25, 0.3) is 0 Å². The largest absolute Gasteiger partial charge is 0.456 e. The number of aldehydes is 1. The molecule has 0 bridgehead atoms. The van der Waals surface area contributed by atoms with Crippen molar-refractivity contribution in [2.24, 2.45) is 0 Å². The molecule has 0 aliphatic heterocycles. The summed E-state index contributed by atoms with van der Waals surface area (Å²) >= 11 is 0. The van der Waals surface area contributed by atoms with E-state index in [0.29, 0.717) is 5.56 Å². The molecule has 0 radical (unpaired) electrons. The van der Waals surface area contributed by atoms with Crippen LogP contribution in [0.15, 0.2) is 77.2 Å². The molecule has 0 saturated heterocycles. The van der Waals surface area contributed by atoms with E-state index >= 15 is 0 Å². The van der Waals surface area contributed by atoms with E-state index < -0.39 is 0 Å². The maximum absolute atomic E-state index is 10.9. The number of furan rings is 1. The van der Waals surface area contributed by atoms with Crippen LogP contribution in [0.1, 0.15) is 27.0 Å². The fourth-order valence-corrected chi connectivity index (χ4v) is 3.20. The lowest BCUT2D eigenvalue weighted by atomic mass is 10.0. The van der Waals surface area contributed by atoms with Gasteiger partial charge in [0, 0.05) is 16.5 Å². The molecule has 122 valence electrons. The summed E-state index contributed by atoms with van der Waals surface area (Å²) in [6.07, 6.45) is 1.77. The average molecular weight is 326 g/mol. The molecule has 0 spiro atoms. The highest BCUT2D eigenvalue weighted by molar-refractivity contribution is 5.85. The maximum atomic E-state index is 10.9. The first-order valence-electron chi connectivity index (χ1n) is 8.35. The monoisotopic (exact) mass is 326 g/mol. The number of hydrogen-bond donors (Lipinski definition) is 0. The van der Waals surface area contributed by atoms with E-state index in [4.69, 9.17) is 4.42 Å². The molecular formula is C23H18O2. The first kappa shape index (κ1) is 15.4.